The highest BCUT2D eigenvalue weighted by molar-refractivity contribution is 5.78. The Kier molecular flexibility index (Phi) is 5.55. The lowest BCUT2D eigenvalue weighted by Crippen LogP contribution is -2.28. The molecule has 2 aliphatic rings. The zero-order valence-electron chi connectivity index (χ0n) is 19.5. The van der Waals surface area contributed by atoms with Crippen LogP contribution in [-0.4, -0.2) is 48.8 Å². The Morgan fingerprint density at radius 3 is 2.71 bits per heavy atom. The second-order valence-corrected chi connectivity index (χ2v) is 9.13. The molecule has 0 amide bonds. The van der Waals surface area contributed by atoms with Gasteiger partial charge in [-0.05, 0) is 74.1 Å². The summed E-state index contributed by atoms with van der Waals surface area (Å²) in [7, 11) is 0. The van der Waals surface area contributed by atoms with E-state index in [-0.39, 0.29) is 0 Å². The van der Waals surface area contributed by atoms with Gasteiger partial charge in [0.15, 0.2) is 0 Å². The van der Waals surface area contributed by atoms with Gasteiger partial charge in [-0.25, -0.2) is 9.97 Å². The fourth-order valence-electron chi connectivity index (χ4n) is 4.81. The molecule has 7 nitrogen and oxygen atoms in total. The zero-order valence-corrected chi connectivity index (χ0v) is 19.5. The quantitative estimate of drug-likeness (QED) is 0.457. The molecule has 1 aliphatic carbocycles. The SMILES string of the molecule is CCn1cc(-c2ccnc(Nc3ccc4c(c3)CCN(C3CC3)CC4)n2)c(-c2cccnc2)n1. The lowest BCUT2D eigenvalue weighted by atomic mass is 10.0. The van der Waals surface area contributed by atoms with Crippen molar-refractivity contribution in [3.8, 4) is 22.5 Å². The maximum atomic E-state index is 4.84. The summed E-state index contributed by atoms with van der Waals surface area (Å²) in [5.74, 6) is 0.590. The van der Waals surface area contributed by atoms with E-state index >= 15 is 0 Å². The molecule has 0 unspecified atom stereocenters. The van der Waals surface area contributed by atoms with Crippen LogP contribution in [0.15, 0.2) is 61.2 Å². The van der Waals surface area contributed by atoms with Gasteiger partial charge in [-0.15, -0.1) is 0 Å². The normalized spacial score (nSPS) is 16.1. The Bertz CT molecular complexity index is 1290. The Morgan fingerprint density at radius 1 is 1.03 bits per heavy atom. The van der Waals surface area contributed by atoms with E-state index in [1.807, 2.05) is 35.3 Å². The molecular weight excluding hydrogens is 422 g/mol. The van der Waals surface area contributed by atoms with E-state index in [0.717, 1.165) is 60.2 Å². The number of hydrogen-bond acceptors (Lipinski definition) is 6. The smallest absolute Gasteiger partial charge is 0.227 e. The Labute approximate surface area is 199 Å². The van der Waals surface area contributed by atoms with Crippen molar-refractivity contribution in [2.45, 2.75) is 45.2 Å². The fraction of sp³-hybridized carbons (Fsp3) is 0.333. The number of hydrogen-bond donors (Lipinski definition) is 1. The number of anilines is 2. The predicted molar refractivity (Wildman–Crippen MR) is 134 cm³/mol. The van der Waals surface area contributed by atoms with Gasteiger partial charge in [-0.3, -0.25) is 14.6 Å². The number of aryl methyl sites for hydroxylation is 1. The second-order valence-electron chi connectivity index (χ2n) is 9.13. The van der Waals surface area contributed by atoms with Crippen LogP contribution in [0, 0.1) is 0 Å². The van der Waals surface area contributed by atoms with Crippen LogP contribution in [-0.2, 0) is 19.4 Å². The predicted octanol–water partition coefficient (Wildman–Crippen LogP) is 4.73. The molecule has 0 spiro atoms. The zero-order chi connectivity index (χ0) is 22.9. The summed E-state index contributed by atoms with van der Waals surface area (Å²) in [4.78, 5) is 16.3. The van der Waals surface area contributed by atoms with E-state index in [1.54, 1.807) is 12.4 Å². The Balaban J connectivity index is 1.26. The van der Waals surface area contributed by atoms with Gasteiger partial charge in [-0.1, -0.05) is 6.07 Å². The first kappa shape index (κ1) is 21.0. The summed E-state index contributed by atoms with van der Waals surface area (Å²) < 4.78 is 1.93. The minimum absolute atomic E-state index is 0.590. The number of rotatable bonds is 6. The van der Waals surface area contributed by atoms with Crippen LogP contribution < -0.4 is 5.32 Å². The topological polar surface area (TPSA) is 71.8 Å². The van der Waals surface area contributed by atoms with Crippen LogP contribution in [0.3, 0.4) is 0 Å². The minimum atomic E-state index is 0.590. The molecule has 4 aromatic rings. The molecule has 1 fully saturated rings. The average Bonchev–Trinajstić information content (AvgIpc) is 3.66. The van der Waals surface area contributed by atoms with E-state index in [9.17, 15) is 0 Å². The molecule has 0 radical (unpaired) electrons. The number of pyridine rings is 1. The van der Waals surface area contributed by atoms with E-state index in [2.05, 4.69) is 45.3 Å². The van der Waals surface area contributed by atoms with Crippen molar-refractivity contribution in [2.24, 2.45) is 0 Å². The number of fused-ring (bicyclic) bond motifs is 1. The van der Waals surface area contributed by atoms with Gasteiger partial charge in [0.1, 0.15) is 5.69 Å². The van der Waals surface area contributed by atoms with Crippen LogP contribution >= 0.6 is 0 Å². The molecule has 4 heterocycles. The van der Waals surface area contributed by atoms with E-state index in [0.29, 0.717) is 5.95 Å². The van der Waals surface area contributed by atoms with Crippen molar-refractivity contribution in [3.05, 3.63) is 72.3 Å². The number of benzene rings is 1. The number of aromatic nitrogens is 5. The van der Waals surface area contributed by atoms with Gasteiger partial charge >= 0.3 is 0 Å². The average molecular weight is 452 g/mol. The third-order valence-electron chi connectivity index (χ3n) is 6.81. The highest BCUT2D eigenvalue weighted by Gasteiger charge is 2.29. The largest absolute Gasteiger partial charge is 0.324 e. The molecule has 0 atom stereocenters. The molecule has 0 bridgehead atoms. The summed E-state index contributed by atoms with van der Waals surface area (Å²) in [6, 6.07) is 13.4. The van der Waals surface area contributed by atoms with Crippen LogP contribution in [0.2, 0.25) is 0 Å². The maximum Gasteiger partial charge on any atom is 0.227 e. The Hall–Kier alpha value is -3.58. The minimum Gasteiger partial charge on any atom is -0.324 e. The third kappa shape index (κ3) is 4.31. The van der Waals surface area contributed by atoms with Gasteiger partial charge in [0.25, 0.3) is 0 Å². The summed E-state index contributed by atoms with van der Waals surface area (Å²) >= 11 is 0. The highest BCUT2D eigenvalue weighted by atomic mass is 15.3. The first-order chi connectivity index (χ1) is 16.8. The van der Waals surface area contributed by atoms with Gasteiger partial charge < -0.3 is 5.32 Å². The summed E-state index contributed by atoms with van der Waals surface area (Å²) in [5.41, 5.74) is 7.61. The van der Waals surface area contributed by atoms with Crippen molar-refractivity contribution in [3.63, 3.8) is 0 Å². The summed E-state index contributed by atoms with van der Waals surface area (Å²) in [5, 5.41) is 8.20. The standard InChI is InChI=1S/C27H29N7/c1-2-34-18-24(26(32-34)21-4-3-12-28-17-21)25-9-13-29-27(31-25)30-22-6-5-19-10-14-33(23-7-8-23)15-11-20(19)16-22/h3-6,9,12-13,16-18,23H,2,7-8,10-11,14-15H2,1H3,(H,29,30,31). The third-order valence-corrected chi connectivity index (χ3v) is 6.81. The van der Waals surface area contributed by atoms with E-state index in [1.165, 1.54) is 30.5 Å². The first-order valence-electron chi connectivity index (χ1n) is 12.2. The molecule has 0 saturated heterocycles. The van der Waals surface area contributed by atoms with Gasteiger partial charge in [0.05, 0.1) is 5.69 Å². The van der Waals surface area contributed by atoms with Crippen LogP contribution in [0.4, 0.5) is 11.6 Å². The lowest BCUT2D eigenvalue weighted by molar-refractivity contribution is 0.277. The fourth-order valence-corrected chi connectivity index (χ4v) is 4.81. The van der Waals surface area contributed by atoms with Crippen molar-refractivity contribution < 1.29 is 0 Å². The molecule has 1 aliphatic heterocycles. The van der Waals surface area contributed by atoms with E-state index < -0.39 is 0 Å². The van der Waals surface area contributed by atoms with E-state index in [4.69, 9.17) is 10.1 Å². The number of nitrogens with zero attached hydrogens (tertiary/aromatic N) is 6. The van der Waals surface area contributed by atoms with Gasteiger partial charge in [0.2, 0.25) is 5.95 Å². The van der Waals surface area contributed by atoms with Gasteiger partial charge in [-0.2, -0.15) is 5.10 Å². The molecule has 6 rings (SSSR count). The molecule has 1 aromatic carbocycles. The lowest BCUT2D eigenvalue weighted by Gasteiger charge is -2.18. The first-order valence-corrected chi connectivity index (χ1v) is 12.2. The van der Waals surface area contributed by atoms with Crippen LogP contribution in [0.25, 0.3) is 22.5 Å². The maximum absolute atomic E-state index is 4.84. The van der Waals surface area contributed by atoms with Crippen molar-refractivity contribution in [1.29, 1.82) is 0 Å². The summed E-state index contributed by atoms with van der Waals surface area (Å²) in [6.45, 7) is 5.21. The van der Waals surface area contributed by atoms with Gasteiger partial charge in [0, 0.05) is 67.3 Å². The monoisotopic (exact) mass is 451 g/mol. The van der Waals surface area contributed by atoms with Crippen molar-refractivity contribution >= 4 is 11.6 Å². The Morgan fingerprint density at radius 2 is 1.91 bits per heavy atom. The van der Waals surface area contributed by atoms with Crippen LogP contribution in [0.1, 0.15) is 30.9 Å². The molecule has 34 heavy (non-hydrogen) atoms. The molecule has 7 heteroatoms. The molecule has 3 aromatic heterocycles. The van der Waals surface area contributed by atoms with Crippen molar-refractivity contribution in [1.82, 2.24) is 29.6 Å². The summed E-state index contributed by atoms with van der Waals surface area (Å²) in [6.07, 6.45) is 12.4. The second kappa shape index (κ2) is 8.99. The molecular formula is C27H29N7. The molecule has 1 N–H and O–H groups in total. The molecule has 172 valence electrons. The highest BCUT2D eigenvalue weighted by Crippen LogP contribution is 2.32. The number of nitrogens with one attached hydrogen (secondary N) is 1. The van der Waals surface area contributed by atoms with Crippen LogP contribution in [0.5, 0.6) is 0 Å². The van der Waals surface area contributed by atoms with Crippen molar-refractivity contribution in [2.75, 3.05) is 18.4 Å². The molecule has 1 saturated carbocycles.